The summed E-state index contributed by atoms with van der Waals surface area (Å²) in [6, 6.07) is 1.17. The van der Waals surface area contributed by atoms with Crippen LogP contribution in [-0.4, -0.2) is 31.9 Å². The van der Waals surface area contributed by atoms with Crippen molar-refractivity contribution in [2.75, 3.05) is 6.54 Å². The van der Waals surface area contributed by atoms with E-state index < -0.39 is 10.8 Å². The molecule has 2 heterocycles. The normalized spacial score (nSPS) is 10.2. The number of halogens is 1. The van der Waals surface area contributed by atoms with Crippen LogP contribution in [0, 0.1) is 10.1 Å². The van der Waals surface area contributed by atoms with E-state index >= 15 is 0 Å². The highest BCUT2D eigenvalue weighted by molar-refractivity contribution is 6.29. The van der Waals surface area contributed by atoms with Gasteiger partial charge in [0, 0.05) is 25.5 Å². The number of nitrogens with one attached hydrogen (secondary N) is 1. The van der Waals surface area contributed by atoms with Crippen LogP contribution in [0.1, 0.15) is 10.4 Å². The van der Waals surface area contributed by atoms with Gasteiger partial charge in [0.05, 0.1) is 11.3 Å². The van der Waals surface area contributed by atoms with Crippen molar-refractivity contribution in [3.63, 3.8) is 0 Å². The third-order valence-electron chi connectivity index (χ3n) is 2.51. The Morgan fingerprint density at radius 2 is 2.35 bits per heavy atom. The Morgan fingerprint density at radius 3 is 3.00 bits per heavy atom. The zero-order chi connectivity index (χ0) is 14.5. The molecule has 2 rings (SSSR count). The van der Waals surface area contributed by atoms with Gasteiger partial charge in [-0.3, -0.25) is 14.9 Å². The average Bonchev–Trinajstić information content (AvgIpc) is 2.91. The summed E-state index contributed by atoms with van der Waals surface area (Å²) in [5, 5.41) is 13.4. The lowest BCUT2D eigenvalue weighted by Gasteiger charge is -2.06. The highest BCUT2D eigenvalue weighted by atomic mass is 35.5. The van der Waals surface area contributed by atoms with Crippen LogP contribution in [0.4, 0.5) is 5.69 Å². The van der Waals surface area contributed by atoms with Crippen molar-refractivity contribution in [1.82, 2.24) is 19.9 Å². The molecule has 9 heteroatoms. The molecule has 1 amide bonds. The maximum Gasteiger partial charge on any atom is 0.300 e. The molecule has 0 atom stereocenters. The summed E-state index contributed by atoms with van der Waals surface area (Å²) in [4.78, 5) is 29.5. The van der Waals surface area contributed by atoms with Crippen LogP contribution in [0.2, 0.25) is 5.15 Å². The molecular formula is C11H10ClN5O3. The van der Waals surface area contributed by atoms with Crippen LogP contribution >= 0.6 is 11.6 Å². The number of hydrogen-bond donors (Lipinski definition) is 1. The number of aromatic nitrogens is 3. The molecule has 8 nitrogen and oxygen atoms in total. The van der Waals surface area contributed by atoms with Gasteiger partial charge in [0.2, 0.25) is 0 Å². The Bertz CT molecular complexity index is 629. The van der Waals surface area contributed by atoms with Crippen LogP contribution in [0.15, 0.2) is 31.0 Å². The van der Waals surface area contributed by atoms with E-state index in [1.807, 2.05) is 0 Å². The van der Waals surface area contributed by atoms with E-state index in [1.54, 1.807) is 23.3 Å². The van der Waals surface area contributed by atoms with Crippen molar-refractivity contribution in [3.8, 4) is 0 Å². The molecule has 2 aromatic rings. The second kappa shape index (κ2) is 6.11. The van der Waals surface area contributed by atoms with E-state index in [2.05, 4.69) is 15.3 Å². The summed E-state index contributed by atoms with van der Waals surface area (Å²) in [5.41, 5.74) is -0.491. The van der Waals surface area contributed by atoms with Crippen LogP contribution in [0.5, 0.6) is 0 Å². The number of amides is 1. The number of nitro groups is 1. The Hall–Kier alpha value is -2.48. The lowest BCUT2D eigenvalue weighted by atomic mass is 10.2. The summed E-state index contributed by atoms with van der Waals surface area (Å²) >= 11 is 5.65. The maximum absolute atomic E-state index is 11.9. The molecule has 2 aromatic heterocycles. The van der Waals surface area contributed by atoms with E-state index in [4.69, 9.17) is 11.6 Å². The van der Waals surface area contributed by atoms with Crippen molar-refractivity contribution in [2.24, 2.45) is 0 Å². The number of imidazole rings is 1. The molecule has 1 N–H and O–H groups in total. The molecule has 0 aromatic carbocycles. The Kier molecular flexibility index (Phi) is 4.26. The summed E-state index contributed by atoms with van der Waals surface area (Å²) in [6.07, 6.45) is 5.94. The van der Waals surface area contributed by atoms with E-state index in [9.17, 15) is 14.9 Å². The van der Waals surface area contributed by atoms with Crippen LogP contribution in [-0.2, 0) is 6.54 Å². The van der Waals surface area contributed by atoms with Gasteiger partial charge in [-0.05, 0) is 6.07 Å². The Morgan fingerprint density at radius 1 is 1.55 bits per heavy atom. The van der Waals surface area contributed by atoms with Gasteiger partial charge < -0.3 is 9.88 Å². The summed E-state index contributed by atoms with van der Waals surface area (Å²) in [7, 11) is 0. The minimum absolute atomic E-state index is 0.0235. The number of rotatable bonds is 5. The third-order valence-corrected chi connectivity index (χ3v) is 2.71. The molecule has 0 bridgehead atoms. The van der Waals surface area contributed by atoms with Gasteiger partial charge >= 0.3 is 0 Å². The molecule has 104 valence electrons. The zero-order valence-electron chi connectivity index (χ0n) is 10.2. The van der Waals surface area contributed by atoms with E-state index in [0.717, 1.165) is 6.20 Å². The lowest BCUT2D eigenvalue weighted by Crippen LogP contribution is -2.27. The first kappa shape index (κ1) is 13.9. The van der Waals surface area contributed by atoms with Crippen molar-refractivity contribution < 1.29 is 9.72 Å². The fraction of sp³-hybridized carbons (Fsp3) is 0.182. The van der Waals surface area contributed by atoms with Gasteiger partial charge in [0.25, 0.3) is 11.6 Å². The van der Waals surface area contributed by atoms with E-state index in [1.165, 1.54) is 6.07 Å². The fourth-order valence-corrected chi connectivity index (χ4v) is 1.72. The molecular weight excluding hydrogens is 286 g/mol. The number of carbonyl (C=O) groups is 1. The predicted octanol–water partition coefficient (Wildman–Crippen LogP) is 1.27. The minimum atomic E-state index is -0.673. The van der Waals surface area contributed by atoms with Gasteiger partial charge in [-0.15, -0.1) is 0 Å². The Labute approximate surface area is 118 Å². The maximum atomic E-state index is 11.9. The van der Waals surface area contributed by atoms with Crippen molar-refractivity contribution in [3.05, 3.63) is 51.8 Å². The first-order valence-corrected chi connectivity index (χ1v) is 5.99. The standard InChI is InChI=1S/C11H10ClN5O3/c12-10-5-8(9(6-15-10)17(19)20)11(18)14-2-4-16-3-1-13-7-16/h1,3,5-7H,2,4H2,(H,14,18). The quantitative estimate of drug-likeness (QED) is 0.508. The van der Waals surface area contributed by atoms with E-state index in [0.29, 0.717) is 13.1 Å². The summed E-state index contributed by atoms with van der Waals surface area (Å²) < 4.78 is 1.77. The number of carbonyl (C=O) groups excluding carboxylic acids is 1. The first-order chi connectivity index (χ1) is 9.58. The second-order valence-corrected chi connectivity index (χ2v) is 4.22. The number of pyridine rings is 1. The predicted molar refractivity (Wildman–Crippen MR) is 70.5 cm³/mol. The van der Waals surface area contributed by atoms with Gasteiger partial charge in [-0.25, -0.2) is 9.97 Å². The van der Waals surface area contributed by atoms with Crippen molar-refractivity contribution in [2.45, 2.75) is 6.54 Å². The van der Waals surface area contributed by atoms with Crippen LogP contribution in [0.25, 0.3) is 0 Å². The molecule has 0 aliphatic rings. The molecule has 0 aliphatic heterocycles. The molecule has 0 saturated carbocycles. The zero-order valence-corrected chi connectivity index (χ0v) is 10.9. The fourth-order valence-electron chi connectivity index (χ4n) is 1.56. The number of nitrogens with zero attached hydrogens (tertiary/aromatic N) is 4. The van der Waals surface area contributed by atoms with Crippen molar-refractivity contribution >= 4 is 23.2 Å². The highest BCUT2D eigenvalue weighted by Crippen LogP contribution is 2.19. The molecule has 0 unspecified atom stereocenters. The summed E-state index contributed by atoms with van der Waals surface area (Å²) in [5.74, 6) is -0.568. The van der Waals surface area contributed by atoms with Gasteiger partial charge in [-0.1, -0.05) is 11.6 Å². The SMILES string of the molecule is O=C(NCCn1ccnc1)c1cc(Cl)ncc1[N+](=O)[O-]. The topological polar surface area (TPSA) is 103 Å². The monoisotopic (exact) mass is 295 g/mol. The molecule has 0 saturated heterocycles. The summed E-state index contributed by atoms with van der Waals surface area (Å²) in [6.45, 7) is 0.824. The van der Waals surface area contributed by atoms with E-state index in [-0.39, 0.29) is 16.4 Å². The van der Waals surface area contributed by atoms with Gasteiger partial charge in [0.15, 0.2) is 0 Å². The smallest absolute Gasteiger partial charge is 0.300 e. The minimum Gasteiger partial charge on any atom is -0.350 e. The molecule has 20 heavy (non-hydrogen) atoms. The van der Waals surface area contributed by atoms with Crippen LogP contribution < -0.4 is 5.32 Å². The number of hydrogen-bond acceptors (Lipinski definition) is 5. The second-order valence-electron chi connectivity index (χ2n) is 3.84. The van der Waals surface area contributed by atoms with Crippen molar-refractivity contribution in [1.29, 1.82) is 0 Å². The highest BCUT2D eigenvalue weighted by Gasteiger charge is 2.20. The molecule has 0 fully saturated rings. The third kappa shape index (κ3) is 3.29. The first-order valence-electron chi connectivity index (χ1n) is 5.62. The lowest BCUT2D eigenvalue weighted by molar-refractivity contribution is -0.385. The molecule has 0 radical (unpaired) electrons. The molecule has 0 spiro atoms. The molecule has 0 aliphatic carbocycles. The van der Waals surface area contributed by atoms with Crippen LogP contribution in [0.3, 0.4) is 0 Å². The van der Waals surface area contributed by atoms with Gasteiger partial charge in [0.1, 0.15) is 16.9 Å². The largest absolute Gasteiger partial charge is 0.350 e. The Balaban J connectivity index is 2.05. The average molecular weight is 296 g/mol. The van der Waals surface area contributed by atoms with Gasteiger partial charge in [-0.2, -0.15) is 0 Å².